The van der Waals surface area contributed by atoms with E-state index in [9.17, 15) is 4.39 Å². The number of allylic oxidation sites excluding steroid dienone is 4. The summed E-state index contributed by atoms with van der Waals surface area (Å²) in [6, 6.07) is 0. The second-order valence-electron chi connectivity index (χ2n) is 9.26. The zero-order chi connectivity index (χ0) is 22.7. The molecule has 0 amide bonds. The van der Waals surface area contributed by atoms with Crippen LogP contribution in [0.5, 0.6) is 0 Å². The predicted molar refractivity (Wildman–Crippen MR) is 132 cm³/mol. The van der Waals surface area contributed by atoms with Crippen molar-refractivity contribution in [2.24, 2.45) is 21.9 Å². The molecule has 9 heteroatoms. The van der Waals surface area contributed by atoms with Crippen LogP contribution < -0.4 is 5.32 Å². The number of rotatable bonds is 9. The summed E-state index contributed by atoms with van der Waals surface area (Å²) in [4.78, 5) is 4.66. The van der Waals surface area contributed by atoms with Crippen LogP contribution in [-0.4, -0.2) is 60.4 Å². The maximum atomic E-state index is 13.3. The average molecular weight is 556 g/mol. The number of aliphatic imine (C=N–C) groups is 1. The van der Waals surface area contributed by atoms with Crippen molar-refractivity contribution in [1.29, 1.82) is 5.41 Å². The Hall–Kier alpha value is -1.59. The van der Waals surface area contributed by atoms with E-state index in [-0.39, 0.29) is 4.59 Å². The topological polar surface area (TPSA) is 79.1 Å². The molecule has 3 aliphatic heterocycles. The summed E-state index contributed by atoms with van der Waals surface area (Å²) in [6.07, 6.45) is 11.1. The second kappa shape index (κ2) is 10.1. The summed E-state index contributed by atoms with van der Waals surface area (Å²) in [6.45, 7) is 2.55. The van der Waals surface area contributed by atoms with Crippen molar-refractivity contribution in [3.8, 4) is 0 Å². The third kappa shape index (κ3) is 5.85. The summed E-state index contributed by atoms with van der Waals surface area (Å²) in [5.41, 5.74) is 5.31. The van der Waals surface area contributed by atoms with Gasteiger partial charge >= 0.3 is 5.88 Å². The monoisotopic (exact) mass is 556 g/mol. The molecule has 4 aliphatic rings. The molecule has 2 unspecified atom stereocenters. The Morgan fingerprint density at radius 1 is 1.41 bits per heavy atom. The van der Waals surface area contributed by atoms with Gasteiger partial charge in [-0.2, -0.15) is 4.39 Å². The standard InChI is InChI=1S/C23H32FIN5O2/c1-30(2)21(32-23(24)25)10-18(29-30)6-5-15-8-17-9-19(17)22(20(11-26)27-12-15)28-13-16-4-3-7-31-14-16/h10-12,16-17,23,26,28H,3-9,13-14H2,1-2H3/q+1/b15-12-,22-19-,26-11?,27-20+/t16-,17?,23?/m1/s1. The number of nitrogens with one attached hydrogen (secondary N) is 2. The minimum absolute atomic E-state index is 0.171. The molecule has 1 saturated heterocycles. The van der Waals surface area contributed by atoms with Gasteiger partial charge in [-0.25, -0.2) is 0 Å². The smallest absolute Gasteiger partial charge is 0.323 e. The van der Waals surface area contributed by atoms with Crippen molar-refractivity contribution in [2.75, 3.05) is 33.9 Å². The summed E-state index contributed by atoms with van der Waals surface area (Å²) < 4.78 is 23.0. The second-order valence-corrected chi connectivity index (χ2v) is 10.2. The van der Waals surface area contributed by atoms with Crippen LogP contribution in [0.3, 0.4) is 0 Å². The van der Waals surface area contributed by atoms with Crippen LogP contribution in [0.15, 0.2) is 45.1 Å². The summed E-state index contributed by atoms with van der Waals surface area (Å²) in [7, 11) is 3.76. The average Bonchev–Trinajstić information content (AvgIpc) is 3.43. The fraction of sp³-hybridized carbons (Fsp3) is 0.609. The van der Waals surface area contributed by atoms with Crippen molar-refractivity contribution >= 4 is 40.2 Å². The molecule has 1 saturated carbocycles. The molecule has 1 aliphatic carbocycles. The van der Waals surface area contributed by atoms with Crippen molar-refractivity contribution in [2.45, 2.75) is 42.9 Å². The first-order valence-electron chi connectivity index (χ1n) is 11.3. The van der Waals surface area contributed by atoms with Gasteiger partial charge in [-0.15, -0.1) is 4.59 Å². The molecule has 0 spiro atoms. The van der Waals surface area contributed by atoms with Crippen molar-refractivity contribution in [1.82, 2.24) is 5.32 Å². The molecule has 174 valence electrons. The van der Waals surface area contributed by atoms with E-state index in [1.807, 2.05) is 26.4 Å². The van der Waals surface area contributed by atoms with Crippen molar-refractivity contribution in [3.05, 3.63) is 35.0 Å². The molecule has 4 rings (SSSR count). The van der Waals surface area contributed by atoms with E-state index < -0.39 is 4.36 Å². The zero-order valence-corrected chi connectivity index (χ0v) is 20.9. The Morgan fingerprint density at radius 3 is 2.97 bits per heavy atom. The predicted octanol–water partition coefficient (Wildman–Crippen LogP) is 4.43. The van der Waals surface area contributed by atoms with E-state index in [0.717, 1.165) is 63.3 Å². The number of quaternary nitrogens is 1. The summed E-state index contributed by atoms with van der Waals surface area (Å²) >= 11 is 1.60. The largest absolute Gasteiger partial charge is 0.406 e. The van der Waals surface area contributed by atoms with E-state index >= 15 is 0 Å². The Kier molecular flexibility index (Phi) is 7.46. The zero-order valence-electron chi connectivity index (χ0n) is 18.7. The molecule has 32 heavy (non-hydrogen) atoms. The number of nitrogens with zero attached hydrogens (tertiary/aromatic N) is 3. The fourth-order valence-electron chi connectivity index (χ4n) is 4.53. The lowest BCUT2D eigenvalue weighted by Gasteiger charge is -2.23. The summed E-state index contributed by atoms with van der Waals surface area (Å²) in [5.74, 6) is 1.56. The van der Waals surface area contributed by atoms with Gasteiger partial charge in [0.05, 0.1) is 18.4 Å². The first kappa shape index (κ1) is 23.6. The molecule has 3 heterocycles. The number of halogens is 2. The molecule has 2 fully saturated rings. The van der Waals surface area contributed by atoms with Gasteiger partial charge in [0.15, 0.2) is 0 Å². The SMILES string of the molecule is C[N+]1(C)N=C(CC/C2=C/N=C(C=N)/C(NC[C@H]3CCCOC3)=C3\CC3C2)C=C1OC(F)I. The number of fused-ring (bicyclic) bond motifs is 1. The third-order valence-corrected chi connectivity index (χ3v) is 6.60. The molecular formula is C23H32FIN5O2+. The Bertz CT molecular complexity index is 900. The number of hydrogen-bond donors (Lipinski definition) is 2. The van der Waals surface area contributed by atoms with Gasteiger partial charge in [-0.1, -0.05) is 10.7 Å². The fourth-order valence-corrected chi connectivity index (χ4v) is 4.79. The van der Waals surface area contributed by atoms with E-state index in [2.05, 4.69) is 15.4 Å². The molecule has 0 bridgehead atoms. The van der Waals surface area contributed by atoms with E-state index in [1.54, 1.807) is 22.6 Å². The molecule has 0 radical (unpaired) electrons. The van der Waals surface area contributed by atoms with Crippen LogP contribution in [0.4, 0.5) is 4.39 Å². The molecule has 0 aromatic rings. The maximum Gasteiger partial charge on any atom is 0.323 e. The van der Waals surface area contributed by atoms with Crippen molar-refractivity contribution in [3.63, 3.8) is 0 Å². The lowest BCUT2D eigenvalue weighted by atomic mass is 10.0. The highest BCUT2D eigenvalue weighted by Crippen LogP contribution is 2.46. The van der Waals surface area contributed by atoms with Crippen LogP contribution in [0, 0.1) is 17.2 Å². The normalized spacial score (nSPS) is 33.2. The van der Waals surface area contributed by atoms with Gasteiger partial charge in [-0.05, 0) is 55.9 Å². The minimum Gasteiger partial charge on any atom is -0.406 e. The first-order chi connectivity index (χ1) is 15.4. The lowest BCUT2D eigenvalue weighted by Crippen LogP contribution is -2.31. The van der Waals surface area contributed by atoms with Crippen LogP contribution in [-0.2, 0) is 9.47 Å². The lowest BCUT2D eigenvalue weighted by molar-refractivity contribution is -0.872. The first-order valence-corrected chi connectivity index (χ1v) is 12.5. The van der Waals surface area contributed by atoms with Gasteiger partial charge in [0, 0.05) is 48.2 Å². The van der Waals surface area contributed by atoms with Crippen LogP contribution >= 0.6 is 22.6 Å². The van der Waals surface area contributed by atoms with E-state index in [1.165, 1.54) is 23.8 Å². The highest BCUT2D eigenvalue weighted by Gasteiger charge is 2.37. The molecule has 2 N–H and O–H groups in total. The van der Waals surface area contributed by atoms with Gasteiger partial charge in [0.2, 0.25) is 0 Å². The third-order valence-electron chi connectivity index (χ3n) is 6.35. The highest BCUT2D eigenvalue weighted by molar-refractivity contribution is 14.1. The van der Waals surface area contributed by atoms with Gasteiger partial charge in [0.1, 0.15) is 25.5 Å². The van der Waals surface area contributed by atoms with Crippen molar-refractivity contribution < 1.29 is 18.5 Å². The number of ether oxygens (including phenoxy) is 2. The highest BCUT2D eigenvalue weighted by atomic mass is 127. The van der Waals surface area contributed by atoms with E-state index in [4.69, 9.17) is 14.9 Å². The number of hydrogen-bond acceptors (Lipinski definition) is 6. The van der Waals surface area contributed by atoms with Crippen LogP contribution in [0.25, 0.3) is 0 Å². The van der Waals surface area contributed by atoms with E-state index in [0.29, 0.717) is 23.4 Å². The Morgan fingerprint density at radius 2 is 2.25 bits per heavy atom. The molecule has 7 nitrogen and oxygen atoms in total. The number of alkyl halides is 2. The van der Waals surface area contributed by atoms with Crippen LogP contribution in [0.2, 0.25) is 0 Å². The Labute approximate surface area is 202 Å². The molecule has 0 aromatic carbocycles. The van der Waals surface area contributed by atoms with Crippen LogP contribution in [0.1, 0.15) is 38.5 Å². The molecule has 0 aromatic heterocycles. The molecule has 3 atom stereocenters. The van der Waals surface area contributed by atoms with Gasteiger partial charge in [0.25, 0.3) is 4.36 Å². The minimum atomic E-state index is -1.39. The summed E-state index contributed by atoms with van der Waals surface area (Å²) in [5, 5.41) is 16.1. The molecular weight excluding hydrogens is 524 g/mol. The Balaban J connectivity index is 1.39. The van der Waals surface area contributed by atoms with Gasteiger partial charge < -0.3 is 20.2 Å². The quantitative estimate of drug-likeness (QED) is 0.191. The van der Waals surface area contributed by atoms with Gasteiger partial charge in [-0.3, -0.25) is 4.99 Å². The maximum absolute atomic E-state index is 13.3.